The Balaban J connectivity index is 2.99. The Morgan fingerprint density at radius 3 is 2.65 bits per heavy atom. The van der Waals surface area contributed by atoms with Crippen molar-refractivity contribution in [3.63, 3.8) is 0 Å². The summed E-state index contributed by atoms with van der Waals surface area (Å²) in [5.74, 6) is -0.782. The number of nitrogens with zero attached hydrogens (tertiary/aromatic N) is 2. The van der Waals surface area contributed by atoms with Crippen LogP contribution in [0.25, 0.3) is 0 Å². The molecule has 1 aromatic heterocycles. The van der Waals surface area contributed by atoms with Crippen LogP contribution in [-0.4, -0.2) is 27.8 Å². The molecule has 0 saturated carbocycles. The van der Waals surface area contributed by atoms with Gasteiger partial charge in [-0.3, -0.25) is 9.48 Å². The Morgan fingerprint density at radius 2 is 2.18 bits per heavy atom. The maximum Gasteiger partial charge on any atom is 0.361 e. The molecule has 1 rings (SSSR count). The van der Waals surface area contributed by atoms with E-state index in [4.69, 9.17) is 4.74 Å². The molecule has 1 aromatic rings. The van der Waals surface area contributed by atoms with Gasteiger partial charge >= 0.3 is 5.97 Å². The Hall–Kier alpha value is -1.85. The van der Waals surface area contributed by atoms with Crippen molar-refractivity contribution in [2.45, 2.75) is 40.3 Å². The topological polar surface area (TPSA) is 73.2 Å². The van der Waals surface area contributed by atoms with Crippen LogP contribution in [-0.2, 0) is 16.1 Å². The van der Waals surface area contributed by atoms with Crippen molar-refractivity contribution in [3.05, 3.63) is 11.9 Å². The van der Waals surface area contributed by atoms with E-state index in [1.807, 2.05) is 6.92 Å². The third-order valence-electron chi connectivity index (χ3n) is 1.93. The van der Waals surface area contributed by atoms with Gasteiger partial charge in [0.1, 0.15) is 0 Å². The first-order chi connectivity index (χ1) is 7.93. The van der Waals surface area contributed by atoms with Gasteiger partial charge in [-0.2, -0.15) is 5.10 Å². The summed E-state index contributed by atoms with van der Waals surface area (Å²) < 4.78 is 6.62. The molecule has 1 amide bonds. The number of aryl methyl sites for hydroxylation is 1. The van der Waals surface area contributed by atoms with Gasteiger partial charge in [-0.25, -0.2) is 4.79 Å². The van der Waals surface area contributed by atoms with Crippen LogP contribution in [0, 0.1) is 0 Å². The van der Waals surface area contributed by atoms with Gasteiger partial charge in [-0.05, 0) is 20.8 Å². The summed E-state index contributed by atoms with van der Waals surface area (Å²) in [5, 5.41) is 6.62. The molecule has 6 heteroatoms. The predicted molar refractivity (Wildman–Crippen MR) is 62.8 cm³/mol. The Labute approximate surface area is 99.9 Å². The monoisotopic (exact) mass is 239 g/mol. The van der Waals surface area contributed by atoms with Crippen molar-refractivity contribution < 1.29 is 14.3 Å². The summed E-state index contributed by atoms with van der Waals surface area (Å²) >= 11 is 0. The minimum absolute atomic E-state index is 0.135. The number of aromatic nitrogens is 2. The first-order valence-electron chi connectivity index (χ1n) is 5.50. The zero-order valence-electron chi connectivity index (χ0n) is 10.5. The van der Waals surface area contributed by atoms with Gasteiger partial charge in [-0.15, -0.1) is 0 Å². The highest BCUT2D eigenvalue weighted by atomic mass is 16.5. The quantitative estimate of drug-likeness (QED) is 0.806. The molecule has 0 fully saturated rings. The summed E-state index contributed by atoms with van der Waals surface area (Å²) in [4.78, 5) is 22.7. The highest BCUT2D eigenvalue weighted by Crippen LogP contribution is 2.15. The van der Waals surface area contributed by atoms with Crippen LogP contribution in [0.5, 0.6) is 0 Å². The fourth-order valence-electron chi connectivity index (χ4n) is 1.29. The third-order valence-corrected chi connectivity index (χ3v) is 1.93. The molecule has 0 unspecified atom stereocenters. The van der Waals surface area contributed by atoms with E-state index in [2.05, 4.69) is 10.4 Å². The number of ether oxygens (including phenoxy) is 1. The van der Waals surface area contributed by atoms with E-state index in [1.54, 1.807) is 24.7 Å². The van der Waals surface area contributed by atoms with Gasteiger partial charge < -0.3 is 10.1 Å². The largest absolute Gasteiger partial charge is 0.458 e. The second kappa shape index (κ2) is 5.47. The van der Waals surface area contributed by atoms with E-state index < -0.39 is 5.97 Å². The maximum atomic E-state index is 11.7. The Morgan fingerprint density at radius 1 is 1.53 bits per heavy atom. The second-order valence-electron chi connectivity index (χ2n) is 3.88. The van der Waals surface area contributed by atoms with Crippen molar-refractivity contribution >= 4 is 17.6 Å². The number of nitrogens with one attached hydrogen (secondary N) is 1. The van der Waals surface area contributed by atoms with Crippen LogP contribution in [0.3, 0.4) is 0 Å². The highest BCUT2D eigenvalue weighted by molar-refractivity contribution is 5.99. The maximum absolute atomic E-state index is 11.7. The number of rotatable bonds is 4. The number of hydrogen-bond donors (Lipinski definition) is 1. The fraction of sp³-hybridized carbons (Fsp3) is 0.545. The third kappa shape index (κ3) is 3.58. The Bertz CT molecular complexity index is 424. The second-order valence-corrected chi connectivity index (χ2v) is 3.88. The molecule has 6 nitrogen and oxygen atoms in total. The molecule has 0 saturated heterocycles. The molecule has 1 heterocycles. The van der Waals surface area contributed by atoms with E-state index in [1.165, 1.54) is 6.92 Å². The van der Waals surface area contributed by atoms with Crippen LogP contribution < -0.4 is 5.32 Å². The lowest BCUT2D eigenvalue weighted by atomic mass is 10.3. The molecule has 17 heavy (non-hydrogen) atoms. The van der Waals surface area contributed by atoms with Crippen molar-refractivity contribution in [3.8, 4) is 0 Å². The van der Waals surface area contributed by atoms with Crippen molar-refractivity contribution in [1.82, 2.24) is 9.78 Å². The van der Waals surface area contributed by atoms with Gasteiger partial charge in [0.25, 0.3) is 0 Å². The van der Waals surface area contributed by atoms with Gasteiger partial charge in [0, 0.05) is 19.7 Å². The molecule has 0 bridgehead atoms. The van der Waals surface area contributed by atoms with E-state index in [-0.39, 0.29) is 17.7 Å². The van der Waals surface area contributed by atoms with Crippen molar-refractivity contribution in [1.29, 1.82) is 0 Å². The number of amides is 1. The molecule has 1 N–H and O–H groups in total. The predicted octanol–water partition coefficient (Wildman–Crippen LogP) is 1.43. The van der Waals surface area contributed by atoms with E-state index in [0.29, 0.717) is 12.2 Å². The molecule has 0 atom stereocenters. The van der Waals surface area contributed by atoms with Gasteiger partial charge in [0.05, 0.1) is 11.8 Å². The Kier molecular flexibility index (Phi) is 4.25. The number of carbonyl (C=O) groups is 2. The summed E-state index contributed by atoms with van der Waals surface area (Å²) in [6.07, 6.45) is 1.39. The molecular formula is C11H17N3O3. The summed E-state index contributed by atoms with van der Waals surface area (Å²) in [6.45, 7) is 7.39. The van der Waals surface area contributed by atoms with E-state index in [0.717, 1.165) is 0 Å². The SMILES string of the molecule is CCn1cc(NC(C)=O)c(C(=O)OC(C)C)n1. The van der Waals surface area contributed by atoms with Gasteiger partial charge in [0.2, 0.25) is 5.91 Å². The van der Waals surface area contributed by atoms with Crippen LogP contribution >= 0.6 is 0 Å². The van der Waals surface area contributed by atoms with Crippen LogP contribution in [0.4, 0.5) is 5.69 Å². The standard InChI is InChI=1S/C11H17N3O3/c1-5-14-6-9(12-8(4)15)10(13-14)11(16)17-7(2)3/h6-7H,5H2,1-4H3,(H,12,15). The van der Waals surface area contributed by atoms with Crippen molar-refractivity contribution in [2.75, 3.05) is 5.32 Å². The number of carbonyl (C=O) groups excluding carboxylic acids is 2. The lowest BCUT2D eigenvalue weighted by molar-refractivity contribution is -0.114. The van der Waals surface area contributed by atoms with E-state index in [9.17, 15) is 9.59 Å². The molecule has 0 aromatic carbocycles. The van der Waals surface area contributed by atoms with Crippen LogP contribution in [0.15, 0.2) is 6.20 Å². The van der Waals surface area contributed by atoms with Crippen molar-refractivity contribution in [2.24, 2.45) is 0 Å². The normalized spacial score (nSPS) is 10.4. The van der Waals surface area contributed by atoms with Gasteiger partial charge in [0.15, 0.2) is 5.69 Å². The van der Waals surface area contributed by atoms with E-state index >= 15 is 0 Å². The fourth-order valence-corrected chi connectivity index (χ4v) is 1.29. The molecule has 0 spiro atoms. The van der Waals surface area contributed by atoms with Crippen LogP contribution in [0.2, 0.25) is 0 Å². The van der Waals surface area contributed by atoms with Gasteiger partial charge in [-0.1, -0.05) is 0 Å². The molecule has 0 aliphatic heterocycles. The zero-order valence-corrected chi connectivity index (χ0v) is 10.5. The lowest BCUT2D eigenvalue weighted by Gasteiger charge is -2.07. The first kappa shape index (κ1) is 13.2. The number of esters is 1. The molecular weight excluding hydrogens is 222 g/mol. The number of anilines is 1. The molecule has 0 aliphatic rings. The minimum Gasteiger partial charge on any atom is -0.458 e. The molecule has 0 radical (unpaired) electrons. The van der Waals surface area contributed by atoms with Crippen LogP contribution in [0.1, 0.15) is 38.2 Å². The summed E-state index contributed by atoms with van der Waals surface area (Å²) in [7, 11) is 0. The minimum atomic E-state index is -0.532. The number of hydrogen-bond acceptors (Lipinski definition) is 4. The smallest absolute Gasteiger partial charge is 0.361 e. The molecule has 0 aliphatic carbocycles. The molecule has 94 valence electrons. The average molecular weight is 239 g/mol. The first-order valence-corrected chi connectivity index (χ1v) is 5.50. The lowest BCUT2D eigenvalue weighted by Crippen LogP contribution is -2.15. The summed E-state index contributed by atoms with van der Waals surface area (Å²) in [6, 6.07) is 0. The highest BCUT2D eigenvalue weighted by Gasteiger charge is 2.19. The average Bonchev–Trinajstić information content (AvgIpc) is 2.59. The zero-order chi connectivity index (χ0) is 13.0. The summed E-state index contributed by atoms with van der Waals surface area (Å²) in [5.41, 5.74) is 0.515.